The van der Waals surface area contributed by atoms with Crippen molar-refractivity contribution in [2.75, 3.05) is 13.7 Å². The third kappa shape index (κ3) is 4.49. The lowest BCUT2D eigenvalue weighted by Crippen LogP contribution is -2.14. The Morgan fingerprint density at radius 2 is 1.89 bits per heavy atom. The fourth-order valence-electron chi connectivity index (χ4n) is 1.52. The molecule has 0 fully saturated rings. The maximum atomic E-state index is 13.7. The van der Waals surface area contributed by atoms with Crippen molar-refractivity contribution < 1.29 is 13.5 Å². The highest BCUT2D eigenvalue weighted by molar-refractivity contribution is 5.31. The number of hydrogen-bond acceptors (Lipinski definition) is 3. The Morgan fingerprint density at radius 3 is 2.37 bits per heavy atom. The van der Waals surface area contributed by atoms with Crippen LogP contribution in [-0.2, 0) is 6.54 Å². The molecule has 0 saturated carbocycles. The summed E-state index contributed by atoms with van der Waals surface area (Å²) in [7, 11) is 1.70. The molecule has 0 amide bonds. The summed E-state index contributed by atoms with van der Waals surface area (Å²) in [5.74, 6) is -1.83. The Kier molecular flexibility index (Phi) is 5.25. The molecule has 1 N–H and O–H groups in total. The fraction of sp³-hybridized carbons (Fsp3) is 0.500. The zero-order valence-electron chi connectivity index (χ0n) is 11.4. The highest BCUT2D eigenvalue weighted by atomic mass is 19.1. The van der Waals surface area contributed by atoms with Gasteiger partial charge < -0.3 is 10.1 Å². The van der Waals surface area contributed by atoms with Crippen LogP contribution in [0.5, 0.6) is 5.75 Å². The summed E-state index contributed by atoms with van der Waals surface area (Å²) in [6.45, 7) is 3.98. The van der Waals surface area contributed by atoms with E-state index in [4.69, 9.17) is 10.00 Å². The van der Waals surface area contributed by atoms with Gasteiger partial charge in [0.1, 0.15) is 0 Å². The van der Waals surface area contributed by atoms with Gasteiger partial charge in [0, 0.05) is 6.54 Å². The molecule has 0 aliphatic carbocycles. The van der Waals surface area contributed by atoms with Gasteiger partial charge in [-0.1, -0.05) is 0 Å². The van der Waals surface area contributed by atoms with Crippen molar-refractivity contribution in [3.8, 4) is 11.8 Å². The minimum Gasteiger partial charge on any atom is -0.488 e. The Bertz CT molecular complexity index is 458. The van der Waals surface area contributed by atoms with Gasteiger partial charge >= 0.3 is 0 Å². The Balaban J connectivity index is 2.72. The molecule has 0 saturated heterocycles. The zero-order valence-corrected chi connectivity index (χ0v) is 11.4. The average molecular weight is 268 g/mol. The molecule has 0 spiro atoms. The van der Waals surface area contributed by atoms with Crippen LogP contribution < -0.4 is 10.1 Å². The number of nitrogens with zero attached hydrogens (tertiary/aromatic N) is 1. The van der Waals surface area contributed by atoms with E-state index in [1.807, 2.05) is 0 Å². The number of nitrogens with one attached hydrogen (secondary N) is 1. The molecule has 1 aromatic carbocycles. The summed E-state index contributed by atoms with van der Waals surface area (Å²) in [5, 5.41) is 11.7. The van der Waals surface area contributed by atoms with Crippen LogP contribution >= 0.6 is 0 Å². The molecule has 0 heterocycles. The lowest BCUT2D eigenvalue weighted by atomic mass is 9.92. The highest BCUT2D eigenvalue weighted by Crippen LogP contribution is 2.25. The van der Waals surface area contributed by atoms with Crippen molar-refractivity contribution >= 4 is 0 Å². The summed E-state index contributed by atoms with van der Waals surface area (Å²) in [6, 6.07) is 4.59. The third-order valence-electron chi connectivity index (χ3n) is 2.72. The maximum Gasteiger partial charge on any atom is 0.190 e. The molecule has 19 heavy (non-hydrogen) atoms. The van der Waals surface area contributed by atoms with Crippen LogP contribution in [0, 0.1) is 28.4 Å². The molecule has 104 valence electrons. The van der Waals surface area contributed by atoms with E-state index in [2.05, 4.69) is 11.4 Å². The minimum atomic E-state index is -0.722. The van der Waals surface area contributed by atoms with E-state index in [9.17, 15) is 8.78 Å². The number of hydrogen-bond donors (Lipinski definition) is 1. The molecule has 3 nitrogen and oxygen atoms in total. The van der Waals surface area contributed by atoms with Crippen molar-refractivity contribution in [1.29, 1.82) is 5.26 Å². The minimum absolute atomic E-state index is 0.0970. The zero-order chi connectivity index (χ0) is 14.5. The molecule has 0 bridgehead atoms. The van der Waals surface area contributed by atoms with E-state index < -0.39 is 17.0 Å². The lowest BCUT2D eigenvalue weighted by molar-refractivity contribution is 0.243. The van der Waals surface area contributed by atoms with Crippen molar-refractivity contribution in [2.24, 2.45) is 5.41 Å². The van der Waals surface area contributed by atoms with E-state index >= 15 is 0 Å². The fourth-order valence-corrected chi connectivity index (χ4v) is 1.52. The predicted molar refractivity (Wildman–Crippen MR) is 68.6 cm³/mol. The quantitative estimate of drug-likeness (QED) is 0.862. The third-order valence-corrected chi connectivity index (χ3v) is 2.72. The first-order valence-corrected chi connectivity index (χ1v) is 6.06. The molecule has 0 unspecified atom stereocenters. The van der Waals surface area contributed by atoms with Crippen molar-refractivity contribution in [3.05, 3.63) is 29.3 Å². The first kappa shape index (κ1) is 15.4. The lowest BCUT2D eigenvalue weighted by Gasteiger charge is -2.16. The second kappa shape index (κ2) is 6.48. The number of rotatable bonds is 6. The van der Waals surface area contributed by atoms with Gasteiger partial charge in [0.05, 0.1) is 18.1 Å². The first-order valence-electron chi connectivity index (χ1n) is 6.06. The molecule has 1 aromatic rings. The average Bonchev–Trinajstić information content (AvgIpc) is 2.33. The Hall–Kier alpha value is -1.67. The van der Waals surface area contributed by atoms with Crippen LogP contribution in [0.2, 0.25) is 0 Å². The van der Waals surface area contributed by atoms with E-state index in [1.165, 1.54) is 12.1 Å². The predicted octanol–water partition coefficient (Wildman–Crippen LogP) is 3.00. The van der Waals surface area contributed by atoms with Gasteiger partial charge in [-0.05, 0) is 45.0 Å². The number of halogens is 2. The first-order chi connectivity index (χ1) is 8.89. The van der Waals surface area contributed by atoms with Gasteiger partial charge in [0.15, 0.2) is 17.4 Å². The molecule has 0 atom stereocenters. The van der Waals surface area contributed by atoms with Crippen molar-refractivity contribution in [3.63, 3.8) is 0 Å². The molecule has 0 aliphatic heterocycles. The van der Waals surface area contributed by atoms with E-state index in [0.717, 1.165) is 0 Å². The SMILES string of the molecule is CNCc1cc(F)c(OCCC(C)(C)C#N)c(F)c1. The maximum absolute atomic E-state index is 13.7. The molecular weight excluding hydrogens is 250 g/mol. The summed E-state index contributed by atoms with van der Waals surface area (Å²) >= 11 is 0. The standard InChI is InChI=1S/C14H18F2N2O/c1-14(2,9-17)4-5-19-13-11(15)6-10(8-18-3)7-12(13)16/h6-7,18H,4-5,8H2,1-3H3. The number of nitriles is 1. The van der Waals surface area contributed by atoms with Crippen LogP contribution in [-0.4, -0.2) is 13.7 Å². The number of ether oxygens (including phenoxy) is 1. The van der Waals surface area contributed by atoms with Crippen LogP contribution in [0.1, 0.15) is 25.8 Å². The summed E-state index contributed by atoms with van der Waals surface area (Å²) in [4.78, 5) is 0. The normalized spacial score (nSPS) is 11.2. The molecule has 0 aliphatic rings. The molecule has 0 aromatic heterocycles. The molecule has 1 rings (SSSR count). The van der Waals surface area contributed by atoms with Gasteiger partial charge in [-0.25, -0.2) is 8.78 Å². The summed E-state index contributed by atoms with van der Waals surface area (Å²) < 4.78 is 32.5. The van der Waals surface area contributed by atoms with Gasteiger partial charge in [-0.15, -0.1) is 0 Å². The van der Waals surface area contributed by atoms with E-state index in [-0.39, 0.29) is 12.4 Å². The number of benzene rings is 1. The van der Waals surface area contributed by atoms with Crippen LogP contribution in [0.25, 0.3) is 0 Å². The Labute approximate surface area is 112 Å². The second-order valence-electron chi connectivity index (χ2n) is 5.01. The summed E-state index contributed by atoms with van der Waals surface area (Å²) in [5.41, 5.74) is -0.0545. The van der Waals surface area contributed by atoms with Crippen molar-refractivity contribution in [2.45, 2.75) is 26.8 Å². The van der Waals surface area contributed by atoms with E-state index in [1.54, 1.807) is 20.9 Å². The van der Waals surface area contributed by atoms with Gasteiger partial charge in [-0.2, -0.15) is 5.26 Å². The Morgan fingerprint density at radius 1 is 1.32 bits per heavy atom. The second-order valence-corrected chi connectivity index (χ2v) is 5.01. The monoisotopic (exact) mass is 268 g/mol. The summed E-state index contributed by atoms with van der Waals surface area (Å²) in [6.07, 6.45) is 0.403. The molecule has 0 radical (unpaired) electrons. The largest absolute Gasteiger partial charge is 0.488 e. The van der Waals surface area contributed by atoms with Crippen LogP contribution in [0.4, 0.5) is 8.78 Å². The van der Waals surface area contributed by atoms with Gasteiger partial charge in [0.2, 0.25) is 0 Å². The van der Waals surface area contributed by atoms with E-state index in [0.29, 0.717) is 18.5 Å². The molecule has 5 heteroatoms. The smallest absolute Gasteiger partial charge is 0.190 e. The van der Waals surface area contributed by atoms with Crippen molar-refractivity contribution in [1.82, 2.24) is 5.32 Å². The van der Waals surface area contributed by atoms with Gasteiger partial charge in [-0.3, -0.25) is 0 Å². The molecular formula is C14H18F2N2O. The van der Waals surface area contributed by atoms with Crippen LogP contribution in [0.3, 0.4) is 0 Å². The van der Waals surface area contributed by atoms with Gasteiger partial charge in [0.25, 0.3) is 0 Å². The highest BCUT2D eigenvalue weighted by Gasteiger charge is 2.18. The van der Waals surface area contributed by atoms with Crippen LogP contribution in [0.15, 0.2) is 12.1 Å². The topological polar surface area (TPSA) is 45.0 Å².